The van der Waals surface area contributed by atoms with Crippen molar-refractivity contribution in [2.24, 2.45) is 0 Å². The van der Waals surface area contributed by atoms with E-state index in [-0.39, 0.29) is 17.3 Å². The molecule has 2 rings (SSSR count). The Kier molecular flexibility index (Phi) is 4.19. The van der Waals surface area contributed by atoms with Gasteiger partial charge in [0, 0.05) is 19.0 Å². The average molecular weight is 269 g/mol. The van der Waals surface area contributed by atoms with E-state index in [0.29, 0.717) is 25.4 Å². The Labute approximate surface area is 110 Å². The molecular formula is C13H17F2N3O. The van der Waals surface area contributed by atoms with Gasteiger partial charge in [-0.05, 0) is 31.4 Å². The number of rotatable bonds is 6. The molecule has 0 aromatic heterocycles. The predicted molar refractivity (Wildman–Crippen MR) is 69.7 cm³/mol. The summed E-state index contributed by atoms with van der Waals surface area (Å²) in [5, 5.41) is 5.59. The second-order valence-electron chi connectivity index (χ2n) is 4.70. The number of halogens is 2. The molecule has 1 aromatic rings. The van der Waals surface area contributed by atoms with Crippen LogP contribution in [0.25, 0.3) is 0 Å². The normalized spacial score (nSPS) is 14.2. The third-order valence-corrected chi connectivity index (χ3v) is 2.95. The Morgan fingerprint density at radius 3 is 2.79 bits per heavy atom. The number of carbonyl (C=O) groups excluding carboxylic acids is 1. The molecule has 1 aromatic carbocycles. The first-order chi connectivity index (χ1) is 9.08. The van der Waals surface area contributed by atoms with Gasteiger partial charge < -0.3 is 16.4 Å². The number of nitrogen functional groups attached to an aromatic ring is 1. The molecule has 1 saturated carbocycles. The van der Waals surface area contributed by atoms with Gasteiger partial charge in [0.1, 0.15) is 0 Å². The highest BCUT2D eigenvalue weighted by Crippen LogP contribution is 2.24. The van der Waals surface area contributed by atoms with Crippen molar-refractivity contribution in [2.45, 2.75) is 31.7 Å². The molecule has 1 fully saturated rings. The highest BCUT2D eigenvalue weighted by molar-refractivity contribution is 5.76. The summed E-state index contributed by atoms with van der Waals surface area (Å²) in [7, 11) is 0. The Morgan fingerprint density at radius 2 is 2.11 bits per heavy atom. The molecule has 4 N–H and O–H groups in total. The molecule has 0 bridgehead atoms. The van der Waals surface area contributed by atoms with Gasteiger partial charge in [0.2, 0.25) is 5.91 Å². The molecule has 104 valence electrons. The van der Waals surface area contributed by atoms with Crippen molar-refractivity contribution in [3.8, 4) is 0 Å². The lowest BCUT2D eigenvalue weighted by Gasteiger charge is -2.10. The molecular weight excluding hydrogens is 252 g/mol. The first-order valence-electron chi connectivity index (χ1n) is 6.34. The van der Waals surface area contributed by atoms with Crippen LogP contribution in [0.4, 0.5) is 20.2 Å². The maximum absolute atomic E-state index is 13.4. The predicted octanol–water partition coefficient (Wildman–Crippen LogP) is 2.02. The molecule has 0 saturated heterocycles. The first kappa shape index (κ1) is 13.6. The topological polar surface area (TPSA) is 67.1 Å². The summed E-state index contributed by atoms with van der Waals surface area (Å²) in [6.07, 6.45) is 3.00. The lowest BCUT2D eigenvalue weighted by molar-refractivity contribution is -0.121. The van der Waals surface area contributed by atoms with Gasteiger partial charge in [-0.2, -0.15) is 0 Å². The van der Waals surface area contributed by atoms with Crippen molar-refractivity contribution in [1.82, 2.24) is 5.32 Å². The van der Waals surface area contributed by atoms with Crippen LogP contribution in [0.3, 0.4) is 0 Å². The number of nitrogens with one attached hydrogen (secondary N) is 2. The molecule has 0 atom stereocenters. The van der Waals surface area contributed by atoms with Crippen LogP contribution in [-0.2, 0) is 4.79 Å². The Hall–Kier alpha value is -1.85. The molecule has 1 aliphatic carbocycles. The van der Waals surface area contributed by atoms with Gasteiger partial charge in [-0.3, -0.25) is 4.79 Å². The number of nitrogens with two attached hydrogens (primary N) is 1. The fourth-order valence-corrected chi connectivity index (χ4v) is 1.74. The lowest BCUT2D eigenvalue weighted by atomic mass is 10.2. The Bertz CT molecular complexity index is 475. The molecule has 0 unspecified atom stereocenters. The summed E-state index contributed by atoms with van der Waals surface area (Å²) in [6, 6.07) is 2.64. The largest absolute Gasteiger partial charge is 0.397 e. The van der Waals surface area contributed by atoms with E-state index in [9.17, 15) is 13.6 Å². The third kappa shape index (κ3) is 3.81. The third-order valence-electron chi connectivity index (χ3n) is 2.95. The van der Waals surface area contributed by atoms with Crippen LogP contribution in [0.15, 0.2) is 12.1 Å². The summed E-state index contributed by atoms with van der Waals surface area (Å²) in [5.41, 5.74) is 5.67. The zero-order valence-corrected chi connectivity index (χ0v) is 10.5. The van der Waals surface area contributed by atoms with Crippen molar-refractivity contribution >= 4 is 17.3 Å². The van der Waals surface area contributed by atoms with Crippen LogP contribution in [0, 0.1) is 11.6 Å². The molecule has 4 nitrogen and oxygen atoms in total. The van der Waals surface area contributed by atoms with E-state index < -0.39 is 11.6 Å². The zero-order valence-electron chi connectivity index (χ0n) is 10.5. The van der Waals surface area contributed by atoms with Crippen LogP contribution >= 0.6 is 0 Å². The van der Waals surface area contributed by atoms with Crippen molar-refractivity contribution in [3.05, 3.63) is 23.8 Å². The van der Waals surface area contributed by atoms with Crippen LogP contribution in [0.2, 0.25) is 0 Å². The monoisotopic (exact) mass is 269 g/mol. The second-order valence-corrected chi connectivity index (χ2v) is 4.70. The van der Waals surface area contributed by atoms with E-state index >= 15 is 0 Å². The number of hydrogen-bond donors (Lipinski definition) is 3. The SMILES string of the molecule is Nc1ccc(F)c(F)c1NCCCC(=O)NC1CC1. The first-order valence-corrected chi connectivity index (χ1v) is 6.34. The number of amides is 1. The highest BCUT2D eigenvalue weighted by Gasteiger charge is 2.22. The van der Waals surface area contributed by atoms with E-state index in [2.05, 4.69) is 10.6 Å². The summed E-state index contributed by atoms with van der Waals surface area (Å²) in [6.45, 7) is 0.364. The Morgan fingerprint density at radius 1 is 1.37 bits per heavy atom. The van der Waals surface area contributed by atoms with E-state index in [1.807, 2.05) is 0 Å². The van der Waals surface area contributed by atoms with E-state index in [4.69, 9.17) is 5.73 Å². The minimum Gasteiger partial charge on any atom is -0.397 e. The van der Waals surface area contributed by atoms with Gasteiger partial charge in [0.25, 0.3) is 0 Å². The molecule has 0 spiro atoms. The van der Waals surface area contributed by atoms with Crippen molar-refractivity contribution < 1.29 is 13.6 Å². The fourth-order valence-electron chi connectivity index (χ4n) is 1.74. The summed E-state index contributed by atoms with van der Waals surface area (Å²) in [5.74, 6) is -1.93. The smallest absolute Gasteiger partial charge is 0.220 e. The zero-order chi connectivity index (χ0) is 13.8. The number of anilines is 2. The quantitative estimate of drug-likeness (QED) is 0.546. The van der Waals surface area contributed by atoms with Gasteiger partial charge in [0.15, 0.2) is 11.6 Å². The minimum atomic E-state index is -0.984. The maximum Gasteiger partial charge on any atom is 0.220 e. The summed E-state index contributed by atoms with van der Waals surface area (Å²) < 4.78 is 26.4. The molecule has 0 radical (unpaired) electrons. The van der Waals surface area contributed by atoms with Crippen molar-refractivity contribution in [2.75, 3.05) is 17.6 Å². The maximum atomic E-state index is 13.4. The summed E-state index contributed by atoms with van der Waals surface area (Å²) >= 11 is 0. The highest BCUT2D eigenvalue weighted by atomic mass is 19.2. The van der Waals surface area contributed by atoms with E-state index in [1.165, 1.54) is 6.07 Å². The van der Waals surface area contributed by atoms with Gasteiger partial charge in [0.05, 0.1) is 11.4 Å². The molecule has 19 heavy (non-hydrogen) atoms. The van der Waals surface area contributed by atoms with Crippen molar-refractivity contribution in [3.63, 3.8) is 0 Å². The number of benzene rings is 1. The van der Waals surface area contributed by atoms with Crippen LogP contribution in [0.1, 0.15) is 25.7 Å². The summed E-state index contributed by atoms with van der Waals surface area (Å²) in [4.78, 5) is 11.4. The molecule has 6 heteroatoms. The fraction of sp³-hybridized carbons (Fsp3) is 0.462. The average Bonchev–Trinajstić information content (AvgIpc) is 3.17. The molecule has 1 amide bonds. The van der Waals surface area contributed by atoms with Gasteiger partial charge in [-0.25, -0.2) is 8.78 Å². The van der Waals surface area contributed by atoms with Crippen molar-refractivity contribution in [1.29, 1.82) is 0 Å². The number of carbonyl (C=O) groups is 1. The van der Waals surface area contributed by atoms with E-state index in [0.717, 1.165) is 18.9 Å². The number of hydrogen-bond acceptors (Lipinski definition) is 3. The Balaban J connectivity index is 1.76. The lowest BCUT2D eigenvalue weighted by Crippen LogP contribution is -2.25. The van der Waals surface area contributed by atoms with Crippen LogP contribution in [-0.4, -0.2) is 18.5 Å². The van der Waals surface area contributed by atoms with Gasteiger partial charge >= 0.3 is 0 Å². The second kappa shape index (κ2) is 5.86. The van der Waals surface area contributed by atoms with Gasteiger partial charge in [-0.1, -0.05) is 0 Å². The van der Waals surface area contributed by atoms with Crippen LogP contribution in [0.5, 0.6) is 0 Å². The van der Waals surface area contributed by atoms with Gasteiger partial charge in [-0.15, -0.1) is 0 Å². The molecule has 1 aliphatic rings. The minimum absolute atomic E-state index is 0.00279. The molecule has 0 aliphatic heterocycles. The standard InChI is InChI=1S/C13H17F2N3O/c14-9-5-6-10(16)13(12(9)15)17-7-1-2-11(19)18-8-3-4-8/h5-6,8,17H,1-4,7,16H2,(H,18,19). The van der Waals surface area contributed by atoms with Crippen LogP contribution < -0.4 is 16.4 Å². The molecule has 0 heterocycles. The van der Waals surface area contributed by atoms with E-state index in [1.54, 1.807) is 0 Å².